The number of fused-ring (bicyclic) bond motifs is 1. The van der Waals surface area contributed by atoms with Gasteiger partial charge in [0.2, 0.25) is 0 Å². The van der Waals surface area contributed by atoms with E-state index in [1.807, 2.05) is 0 Å². The number of carbonyl (C=O) groups excluding carboxylic acids is 2. The zero-order chi connectivity index (χ0) is 40.6. The molecule has 0 bridgehead atoms. The molecule has 57 heavy (non-hydrogen) atoms. The molecule has 6 nitrogen and oxygen atoms in total. The quantitative estimate of drug-likeness (QED) is 0.0265. The Morgan fingerprint density at radius 1 is 0.509 bits per heavy atom. The first-order valence-corrected chi connectivity index (χ1v) is 22.9. The third-order valence-electron chi connectivity index (χ3n) is 10.7. The summed E-state index contributed by atoms with van der Waals surface area (Å²) in [5, 5.41) is 0.403. The van der Waals surface area contributed by atoms with Crippen LogP contribution in [0.15, 0.2) is 82.2 Å². The molecule has 0 unspecified atom stereocenters. The van der Waals surface area contributed by atoms with Gasteiger partial charge in [-0.1, -0.05) is 153 Å². The van der Waals surface area contributed by atoms with Crippen LogP contribution in [-0.4, -0.2) is 11.9 Å². The van der Waals surface area contributed by atoms with Crippen molar-refractivity contribution in [1.82, 2.24) is 0 Å². The van der Waals surface area contributed by atoms with Crippen molar-refractivity contribution in [3.63, 3.8) is 0 Å². The second-order valence-corrected chi connectivity index (χ2v) is 15.8. The van der Waals surface area contributed by atoms with Crippen LogP contribution in [0.2, 0.25) is 0 Å². The van der Waals surface area contributed by atoms with Gasteiger partial charge in [-0.25, -0.2) is 0 Å². The minimum atomic E-state index is -0.278. The topological polar surface area (TPSA) is 82.8 Å². The molecule has 3 aromatic rings. The molecular formula is C51H74O6. The van der Waals surface area contributed by atoms with Gasteiger partial charge >= 0.3 is 11.9 Å². The Hall–Kier alpha value is -3.93. The number of allylic oxidation sites excluding steroid dienone is 4. The Kier molecular flexibility index (Phi) is 25.9. The summed E-state index contributed by atoms with van der Waals surface area (Å²) in [5.41, 5.74) is 1.24. The van der Waals surface area contributed by atoms with Gasteiger partial charge in [0.1, 0.15) is 23.3 Å². The zero-order valence-corrected chi connectivity index (χ0v) is 35.7. The van der Waals surface area contributed by atoms with Gasteiger partial charge in [-0.2, -0.15) is 0 Å². The summed E-state index contributed by atoms with van der Waals surface area (Å²) >= 11 is 0. The highest BCUT2D eigenvalue weighted by Gasteiger charge is 2.13. The Morgan fingerprint density at radius 3 is 1.39 bits per heavy atom. The molecule has 1 aromatic heterocycles. The third kappa shape index (κ3) is 21.4. The Bertz CT molecular complexity index is 1630. The summed E-state index contributed by atoms with van der Waals surface area (Å²) in [7, 11) is 0. The van der Waals surface area contributed by atoms with Gasteiger partial charge in [0.15, 0.2) is 5.43 Å². The molecule has 1 heterocycles. The molecule has 2 aromatic carbocycles. The summed E-state index contributed by atoms with van der Waals surface area (Å²) in [6, 6.07) is 11.8. The van der Waals surface area contributed by atoms with Crippen molar-refractivity contribution in [3.05, 3.63) is 83.3 Å². The van der Waals surface area contributed by atoms with E-state index < -0.39 is 0 Å². The average Bonchev–Trinajstić information content (AvgIpc) is 3.21. The van der Waals surface area contributed by atoms with Gasteiger partial charge in [-0.05, 0) is 94.0 Å². The molecule has 0 fully saturated rings. The molecule has 0 amide bonds. The van der Waals surface area contributed by atoms with Crippen LogP contribution in [0.1, 0.15) is 194 Å². The average molecular weight is 783 g/mol. The number of unbranched alkanes of at least 4 members (excludes halogenated alkanes) is 22. The lowest BCUT2D eigenvalue weighted by atomic mass is 10.1. The lowest BCUT2D eigenvalue weighted by molar-refractivity contribution is -0.135. The number of rotatable bonds is 33. The number of hydrogen-bond donors (Lipinski definition) is 0. The third-order valence-corrected chi connectivity index (χ3v) is 10.7. The number of ether oxygens (including phenoxy) is 2. The Balaban J connectivity index is 1.27. The molecule has 3 rings (SSSR count). The molecule has 0 aliphatic carbocycles. The van der Waals surface area contributed by atoms with E-state index in [1.165, 1.54) is 122 Å². The first kappa shape index (κ1) is 47.4. The van der Waals surface area contributed by atoms with Crippen molar-refractivity contribution in [2.75, 3.05) is 0 Å². The molecule has 6 heteroatoms. The minimum Gasteiger partial charge on any atom is -0.463 e. The maximum absolute atomic E-state index is 13.4. The van der Waals surface area contributed by atoms with Crippen molar-refractivity contribution >= 4 is 22.9 Å². The zero-order valence-electron chi connectivity index (χ0n) is 35.7. The summed E-state index contributed by atoms with van der Waals surface area (Å²) in [6.45, 7) is 4.52. The first-order chi connectivity index (χ1) is 28.0. The molecule has 0 aliphatic heterocycles. The molecule has 314 valence electrons. The lowest BCUT2D eigenvalue weighted by Crippen LogP contribution is -2.09. The van der Waals surface area contributed by atoms with Gasteiger partial charge in [0, 0.05) is 18.9 Å². The van der Waals surface area contributed by atoms with Crippen molar-refractivity contribution in [1.29, 1.82) is 0 Å². The van der Waals surface area contributed by atoms with Crippen LogP contribution in [0, 0.1) is 0 Å². The second kappa shape index (κ2) is 31.1. The number of benzene rings is 2. The van der Waals surface area contributed by atoms with Crippen molar-refractivity contribution in [2.45, 2.75) is 194 Å². The van der Waals surface area contributed by atoms with Crippen LogP contribution in [-0.2, 0) is 9.59 Å². The highest BCUT2D eigenvalue weighted by Crippen LogP contribution is 2.25. The van der Waals surface area contributed by atoms with E-state index in [-0.39, 0.29) is 17.4 Å². The predicted octanol–water partition coefficient (Wildman–Crippen LogP) is 15.3. The van der Waals surface area contributed by atoms with Gasteiger partial charge in [0.25, 0.3) is 0 Å². The van der Waals surface area contributed by atoms with Crippen LogP contribution >= 0.6 is 0 Å². The number of carbonyl (C=O) groups is 2. The molecule has 0 N–H and O–H groups in total. The summed E-state index contributed by atoms with van der Waals surface area (Å²) < 4.78 is 16.9. The van der Waals surface area contributed by atoms with E-state index in [0.717, 1.165) is 51.4 Å². The van der Waals surface area contributed by atoms with Gasteiger partial charge in [-0.15, -0.1) is 0 Å². The van der Waals surface area contributed by atoms with Crippen LogP contribution in [0.25, 0.3) is 22.1 Å². The van der Waals surface area contributed by atoms with Crippen molar-refractivity contribution < 1.29 is 23.5 Å². The van der Waals surface area contributed by atoms with E-state index in [2.05, 4.69) is 38.2 Å². The maximum Gasteiger partial charge on any atom is 0.311 e. The highest BCUT2D eigenvalue weighted by atomic mass is 16.5. The molecule has 0 spiro atoms. The van der Waals surface area contributed by atoms with E-state index in [1.54, 1.807) is 42.5 Å². The SMILES string of the molecule is CCCCCCCC/C=C/CCCCCCCC(=O)Oc1ccc(-c2coc3cc(OC(=O)CCCCCCC/C=C/CCCCCCCC)ccc3c2=O)cc1. The van der Waals surface area contributed by atoms with E-state index in [4.69, 9.17) is 13.9 Å². The number of esters is 2. The van der Waals surface area contributed by atoms with E-state index in [0.29, 0.717) is 46.4 Å². The second-order valence-electron chi connectivity index (χ2n) is 15.8. The molecule has 0 saturated heterocycles. The van der Waals surface area contributed by atoms with Crippen LogP contribution in [0.4, 0.5) is 0 Å². The number of hydrogen-bond acceptors (Lipinski definition) is 6. The first-order valence-electron chi connectivity index (χ1n) is 22.9. The molecule has 0 radical (unpaired) electrons. The Labute approximate surface area is 344 Å². The lowest BCUT2D eigenvalue weighted by Gasteiger charge is -2.08. The Morgan fingerprint density at radius 2 is 0.912 bits per heavy atom. The van der Waals surface area contributed by atoms with Crippen LogP contribution in [0.5, 0.6) is 11.5 Å². The minimum absolute atomic E-state index is 0.184. The fraction of sp³-hybridized carbons (Fsp3) is 0.588. The standard InChI is InChI=1S/C51H74O6/c1-3-5-7-9-11-13-15-17-19-21-23-25-27-29-31-33-49(52)56-44-37-35-43(36-38-44)47-42-55-48-41-45(39-40-46(48)51(47)54)57-50(53)34-32-30-28-26-24-22-20-18-16-14-12-10-8-6-4-2/h17-20,35-42H,3-16,21-34H2,1-2H3/b19-17+,20-18+. The molecule has 0 saturated carbocycles. The van der Waals surface area contributed by atoms with Crippen LogP contribution in [0.3, 0.4) is 0 Å². The van der Waals surface area contributed by atoms with Gasteiger partial charge in [0.05, 0.1) is 10.9 Å². The van der Waals surface area contributed by atoms with Crippen LogP contribution < -0.4 is 14.9 Å². The highest BCUT2D eigenvalue weighted by molar-refractivity contribution is 5.83. The largest absolute Gasteiger partial charge is 0.463 e. The molecule has 0 aliphatic rings. The summed E-state index contributed by atoms with van der Waals surface area (Å²) in [6.07, 6.45) is 43.0. The molecular weight excluding hydrogens is 709 g/mol. The molecule has 0 atom stereocenters. The fourth-order valence-corrected chi connectivity index (χ4v) is 7.12. The van der Waals surface area contributed by atoms with Crippen molar-refractivity contribution in [3.8, 4) is 22.6 Å². The normalized spacial score (nSPS) is 11.6. The maximum atomic E-state index is 13.4. The van der Waals surface area contributed by atoms with E-state index >= 15 is 0 Å². The van der Waals surface area contributed by atoms with E-state index in [9.17, 15) is 14.4 Å². The van der Waals surface area contributed by atoms with Crippen molar-refractivity contribution in [2.24, 2.45) is 0 Å². The van der Waals surface area contributed by atoms with Gasteiger partial charge < -0.3 is 13.9 Å². The predicted molar refractivity (Wildman–Crippen MR) is 238 cm³/mol. The fourth-order valence-electron chi connectivity index (χ4n) is 7.12. The summed E-state index contributed by atoms with van der Waals surface area (Å²) in [5.74, 6) is 0.299. The monoisotopic (exact) mass is 783 g/mol. The summed E-state index contributed by atoms with van der Waals surface area (Å²) in [4.78, 5) is 38.3. The van der Waals surface area contributed by atoms with Gasteiger partial charge in [-0.3, -0.25) is 14.4 Å². The smallest absolute Gasteiger partial charge is 0.311 e.